The van der Waals surface area contributed by atoms with Crippen molar-refractivity contribution in [3.8, 4) is 0 Å². The number of amides is 1. The van der Waals surface area contributed by atoms with E-state index in [4.69, 9.17) is 5.73 Å². The minimum Gasteiger partial charge on any atom is -0.368 e. The van der Waals surface area contributed by atoms with Crippen LogP contribution in [0.3, 0.4) is 0 Å². The van der Waals surface area contributed by atoms with Gasteiger partial charge >= 0.3 is 0 Å². The van der Waals surface area contributed by atoms with E-state index >= 15 is 0 Å². The molecule has 80 valence electrons. The van der Waals surface area contributed by atoms with E-state index in [0.29, 0.717) is 6.04 Å². The van der Waals surface area contributed by atoms with Crippen LogP contribution in [0.4, 0.5) is 0 Å². The first kappa shape index (κ1) is 9.93. The zero-order valence-corrected chi connectivity index (χ0v) is 8.54. The van der Waals surface area contributed by atoms with Crippen LogP contribution < -0.4 is 11.1 Å². The fourth-order valence-corrected chi connectivity index (χ4v) is 2.36. The second-order valence-corrected chi connectivity index (χ2v) is 4.32. The van der Waals surface area contributed by atoms with Gasteiger partial charge in [0.15, 0.2) is 0 Å². The Morgan fingerprint density at radius 1 is 1.50 bits per heavy atom. The Kier molecular flexibility index (Phi) is 3.03. The standard InChI is InChI=1S/C10H19N3O/c11-10(14)9-4-7-13(9)6-3-8-2-1-5-12-8/h8-9,12H,1-7H2,(H2,11,14). The summed E-state index contributed by atoms with van der Waals surface area (Å²) in [4.78, 5) is 13.1. The first-order valence-corrected chi connectivity index (χ1v) is 5.54. The third-order valence-electron chi connectivity index (χ3n) is 3.39. The van der Waals surface area contributed by atoms with Crippen molar-refractivity contribution in [1.29, 1.82) is 0 Å². The minimum atomic E-state index is -0.157. The lowest BCUT2D eigenvalue weighted by atomic mass is 10.0. The third-order valence-corrected chi connectivity index (χ3v) is 3.39. The molecule has 0 bridgehead atoms. The van der Waals surface area contributed by atoms with Gasteiger partial charge in [0, 0.05) is 19.1 Å². The van der Waals surface area contributed by atoms with Crippen LogP contribution in [0, 0.1) is 0 Å². The van der Waals surface area contributed by atoms with Crippen molar-refractivity contribution in [2.45, 2.75) is 37.8 Å². The van der Waals surface area contributed by atoms with E-state index in [2.05, 4.69) is 10.2 Å². The van der Waals surface area contributed by atoms with Gasteiger partial charge in [-0.05, 0) is 32.2 Å². The fraction of sp³-hybridized carbons (Fsp3) is 0.900. The molecule has 2 saturated heterocycles. The number of hydrogen-bond acceptors (Lipinski definition) is 3. The van der Waals surface area contributed by atoms with Crippen LogP contribution in [-0.2, 0) is 4.79 Å². The van der Waals surface area contributed by atoms with E-state index in [1.54, 1.807) is 0 Å². The molecule has 0 saturated carbocycles. The number of hydrogen-bond donors (Lipinski definition) is 2. The molecule has 14 heavy (non-hydrogen) atoms. The van der Waals surface area contributed by atoms with Gasteiger partial charge in [0.1, 0.15) is 0 Å². The molecule has 2 rings (SSSR count). The smallest absolute Gasteiger partial charge is 0.234 e. The first-order valence-electron chi connectivity index (χ1n) is 5.54. The summed E-state index contributed by atoms with van der Waals surface area (Å²) in [5, 5.41) is 3.46. The average Bonchev–Trinajstić information content (AvgIpc) is 2.53. The average molecular weight is 197 g/mol. The number of primary amides is 1. The van der Waals surface area contributed by atoms with Crippen molar-refractivity contribution in [1.82, 2.24) is 10.2 Å². The zero-order chi connectivity index (χ0) is 9.97. The monoisotopic (exact) mass is 197 g/mol. The lowest BCUT2D eigenvalue weighted by Crippen LogP contribution is -2.55. The quantitative estimate of drug-likeness (QED) is 0.650. The van der Waals surface area contributed by atoms with Crippen LogP contribution in [-0.4, -0.2) is 42.5 Å². The molecule has 0 radical (unpaired) electrons. The molecule has 3 N–H and O–H groups in total. The summed E-state index contributed by atoms with van der Waals surface area (Å²) in [6, 6.07) is 0.695. The number of nitrogens with one attached hydrogen (secondary N) is 1. The van der Waals surface area contributed by atoms with Crippen molar-refractivity contribution in [2.24, 2.45) is 5.73 Å². The molecule has 2 atom stereocenters. The molecule has 2 aliphatic heterocycles. The molecule has 2 heterocycles. The maximum Gasteiger partial charge on any atom is 0.234 e. The molecule has 0 aromatic carbocycles. The van der Waals surface area contributed by atoms with Crippen molar-refractivity contribution < 1.29 is 4.79 Å². The van der Waals surface area contributed by atoms with Crippen LogP contribution in [0.15, 0.2) is 0 Å². The van der Waals surface area contributed by atoms with E-state index in [1.807, 2.05) is 0 Å². The fourth-order valence-electron chi connectivity index (χ4n) is 2.36. The maximum atomic E-state index is 11.0. The molecule has 2 unspecified atom stereocenters. The summed E-state index contributed by atoms with van der Waals surface area (Å²) >= 11 is 0. The van der Waals surface area contributed by atoms with Gasteiger partial charge in [-0.3, -0.25) is 9.69 Å². The van der Waals surface area contributed by atoms with E-state index in [9.17, 15) is 4.79 Å². The number of carbonyl (C=O) groups is 1. The van der Waals surface area contributed by atoms with Gasteiger partial charge in [0.2, 0.25) is 5.91 Å². The summed E-state index contributed by atoms with van der Waals surface area (Å²) in [5.41, 5.74) is 5.28. The van der Waals surface area contributed by atoms with E-state index < -0.39 is 0 Å². The molecular weight excluding hydrogens is 178 g/mol. The minimum absolute atomic E-state index is 0.0244. The maximum absolute atomic E-state index is 11.0. The molecule has 4 nitrogen and oxygen atoms in total. The molecule has 1 amide bonds. The van der Waals surface area contributed by atoms with Gasteiger partial charge < -0.3 is 11.1 Å². The van der Waals surface area contributed by atoms with Crippen molar-refractivity contribution in [2.75, 3.05) is 19.6 Å². The van der Waals surface area contributed by atoms with Gasteiger partial charge in [-0.2, -0.15) is 0 Å². The summed E-state index contributed by atoms with van der Waals surface area (Å²) in [6.45, 7) is 3.22. The number of carbonyl (C=O) groups excluding carboxylic acids is 1. The topological polar surface area (TPSA) is 58.4 Å². The third kappa shape index (κ3) is 2.07. The van der Waals surface area contributed by atoms with E-state index in [0.717, 1.165) is 32.5 Å². The van der Waals surface area contributed by atoms with Crippen molar-refractivity contribution >= 4 is 5.91 Å². The lowest BCUT2D eigenvalue weighted by Gasteiger charge is -2.39. The van der Waals surface area contributed by atoms with Crippen LogP contribution in [0.1, 0.15) is 25.7 Å². The highest BCUT2D eigenvalue weighted by molar-refractivity contribution is 5.80. The van der Waals surface area contributed by atoms with Gasteiger partial charge in [0.25, 0.3) is 0 Å². The van der Waals surface area contributed by atoms with Gasteiger partial charge in [-0.15, -0.1) is 0 Å². The summed E-state index contributed by atoms with van der Waals surface area (Å²) in [6.07, 6.45) is 4.69. The van der Waals surface area contributed by atoms with Gasteiger partial charge in [0.05, 0.1) is 6.04 Å². The summed E-state index contributed by atoms with van der Waals surface area (Å²) in [5.74, 6) is -0.157. The lowest BCUT2D eigenvalue weighted by molar-refractivity contribution is -0.127. The summed E-state index contributed by atoms with van der Waals surface area (Å²) < 4.78 is 0. The van der Waals surface area contributed by atoms with Crippen molar-refractivity contribution in [3.63, 3.8) is 0 Å². The zero-order valence-electron chi connectivity index (χ0n) is 8.54. The van der Waals surface area contributed by atoms with Crippen LogP contribution in [0.25, 0.3) is 0 Å². The van der Waals surface area contributed by atoms with Gasteiger partial charge in [-0.1, -0.05) is 0 Å². The molecular formula is C10H19N3O. The normalized spacial score (nSPS) is 32.9. The second-order valence-electron chi connectivity index (χ2n) is 4.32. The van der Waals surface area contributed by atoms with Gasteiger partial charge in [-0.25, -0.2) is 0 Å². The number of nitrogens with zero attached hydrogens (tertiary/aromatic N) is 1. The van der Waals surface area contributed by atoms with E-state index in [1.165, 1.54) is 12.8 Å². The predicted octanol–water partition coefficient (Wildman–Crippen LogP) is -0.312. The number of rotatable bonds is 4. The first-order chi connectivity index (χ1) is 6.77. The SMILES string of the molecule is NC(=O)C1CCN1CCC1CCCN1. The molecule has 2 fully saturated rings. The van der Waals surface area contributed by atoms with E-state index in [-0.39, 0.29) is 11.9 Å². The Labute approximate surface area is 84.8 Å². The van der Waals surface area contributed by atoms with Crippen LogP contribution >= 0.6 is 0 Å². The highest BCUT2D eigenvalue weighted by atomic mass is 16.1. The molecule has 0 aromatic rings. The Morgan fingerprint density at radius 3 is 2.86 bits per heavy atom. The Hall–Kier alpha value is -0.610. The van der Waals surface area contributed by atoms with Crippen LogP contribution in [0.2, 0.25) is 0 Å². The molecule has 0 aromatic heterocycles. The molecule has 4 heteroatoms. The molecule has 0 spiro atoms. The highest BCUT2D eigenvalue weighted by Crippen LogP contribution is 2.18. The Balaban J connectivity index is 1.67. The predicted molar refractivity (Wildman–Crippen MR) is 54.8 cm³/mol. The molecule has 0 aliphatic carbocycles. The Bertz CT molecular complexity index is 213. The largest absolute Gasteiger partial charge is 0.368 e. The number of nitrogens with two attached hydrogens (primary N) is 1. The number of likely N-dealkylation sites (tertiary alicyclic amines) is 1. The van der Waals surface area contributed by atoms with Crippen LogP contribution in [0.5, 0.6) is 0 Å². The van der Waals surface area contributed by atoms with Crippen molar-refractivity contribution in [3.05, 3.63) is 0 Å². The summed E-state index contributed by atoms with van der Waals surface area (Å²) in [7, 11) is 0. The highest BCUT2D eigenvalue weighted by Gasteiger charge is 2.32. The molecule has 2 aliphatic rings. The Morgan fingerprint density at radius 2 is 2.36 bits per heavy atom. The second kappa shape index (κ2) is 4.28.